The minimum absolute atomic E-state index is 0.0878. The Morgan fingerprint density at radius 1 is 1.19 bits per heavy atom. The third-order valence-corrected chi connectivity index (χ3v) is 5.00. The smallest absolute Gasteiger partial charge is 0.223 e. The van der Waals surface area contributed by atoms with Crippen molar-refractivity contribution in [3.8, 4) is 5.75 Å². The van der Waals surface area contributed by atoms with Crippen LogP contribution in [0.1, 0.15) is 32.1 Å². The fraction of sp³-hybridized carbons (Fsp3) is 0.588. The van der Waals surface area contributed by atoms with Gasteiger partial charge in [-0.2, -0.15) is 0 Å². The summed E-state index contributed by atoms with van der Waals surface area (Å²) >= 11 is 3.59. The Kier molecular flexibility index (Phi) is 7.07. The summed E-state index contributed by atoms with van der Waals surface area (Å²) in [5.74, 6) is 2.23. The first kappa shape index (κ1) is 16.3. The summed E-state index contributed by atoms with van der Waals surface area (Å²) in [6, 6.07) is 9.61. The summed E-state index contributed by atoms with van der Waals surface area (Å²) in [7, 11) is 0. The summed E-state index contributed by atoms with van der Waals surface area (Å²) in [5.41, 5.74) is 0. The third-order valence-electron chi connectivity index (χ3n) is 4.17. The number of hydrogen-bond acceptors (Lipinski definition) is 2. The van der Waals surface area contributed by atoms with Gasteiger partial charge in [-0.3, -0.25) is 4.79 Å². The minimum atomic E-state index is 0.0878. The van der Waals surface area contributed by atoms with Gasteiger partial charge in [-0.05, 0) is 36.8 Å². The van der Waals surface area contributed by atoms with Crippen LogP contribution in [0.4, 0.5) is 0 Å². The number of benzene rings is 1. The molecule has 1 aromatic rings. The Balaban J connectivity index is 1.63. The van der Waals surface area contributed by atoms with Crippen molar-refractivity contribution >= 4 is 21.8 Å². The van der Waals surface area contributed by atoms with Crippen LogP contribution in [0, 0.1) is 11.8 Å². The SMILES string of the molecule is O=C(CCOc1ccccc1)NCC1CCCCC1CBr. The third kappa shape index (κ3) is 5.70. The van der Waals surface area contributed by atoms with Crippen molar-refractivity contribution in [2.45, 2.75) is 32.1 Å². The number of carbonyl (C=O) groups is 1. The highest BCUT2D eigenvalue weighted by Crippen LogP contribution is 2.30. The average molecular weight is 354 g/mol. The largest absolute Gasteiger partial charge is 0.493 e. The fourth-order valence-corrected chi connectivity index (χ4v) is 3.72. The Bertz CT molecular complexity index is 424. The van der Waals surface area contributed by atoms with Crippen molar-refractivity contribution in [1.29, 1.82) is 0 Å². The molecule has 21 heavy (non-hydrogen) atoms. The van der Waals surface area contributed by atoms with Gasteiger partial charge >= 0.3 is 0 Å². The number of nitrogens with one attached hydrogen (secondary N) is 1. The molecule has 2 atom stereocenters. The molecule has 0 aliphatic heterocycles. The summed E-state index contributed by atoms with van der Waals surface area (Å²) in [5, 5.41) is 4.11. The molecule has 0 heterocycles. The van der Waals surface area contributed by atoms with Crippen molar-refractivity contribution in [2.24, 2.45) is 11.8 Å². The van der Waals surface area contributed by atoms with Crippen LogP contribution in [0.3, 0.4) is 0 Å². The molecule has 2 rings (SSSR count). The number of rotatable bonds is 7. The van der Waals surface area contributed by atoms with Crippen molar-refractivity contribution in [3.05, 3.63) is 30.3 Å². The summed E-state index contributed by atoms with van der Waals surface area (Å²) in [6.45, 7) is 1.24. The van der Waals surface area contributed by atoms with Gasteiger partial charge in [-0.25, -0.2) is 0 Å². The Morgan fingerprint density at radius 3 is 2.62 bits per heavy atom. The first-order chi connectivity index (χ1) is 10.3. The first-order valence-corrected chi connectivity index (χ1v) is 8.92. The van der Waals surface area contributed by atoms with E-state index in [1.165, 1.54) is 25.7 Å². The number of halogens is 1. The number of amides is 1. The summed E-state index contributed by atoms with van der Waals surface area (Å²) < 4.78 is 5.54. The lowest BCUT2D eigenvalue weighted by molar-refractivity contribution is -0.121. The highest BCUT2D eigenvalue weighted by Gasteiger charge is 2.24. The molecule has 3 nitrogen and oxygen atoms in total. The molecule has 0 spiro atoms. The summed E-state index contributed by atoms with van der Waals surface area (Å²) in [4.78, 5) is 11.9. The van der Waals surface area contributed by atoms with Crippen LogP contribution in [0.15, 0.2) is 30.3 Å². The first-order valence-electron chi connectivity index (χ1n) is 7.80. The zero-order chi connectivity index (χ0) is 14.9. The van der Waals surface area contributed by atoms with Crippen molar-refractivity contribution in [1.82, 2.24) is 5.32 Å². The molecular weight excluding hydrogens is 330 g/mol. The Hall–Kier alpha value is -1.03. The van der Waals surface area contributed by atoms with E-state index in [0.717, 1.165) is 17.6 Å². The number of para-hydroxylation sites is 1. The molecule has 0 saturated heterocycles. The molecule has 116 valence electrons. The van der Waals surface area contributed by atoms with Gasteiger partial charge in [0.25, 0.3) is 0 Å². The predicted molar refractivity (Wildman–Crippen MR) is 88.8 cm³/mol. The van der Waals surface area contributed by atoms with Gasteiger partial charge in [-0.1, -0.05) is 47.0 Å². The fourth-order valence-electron chi connectivity index (χ4n) is 2.87. The number of alkyl halides is 1. The molecule has 1 N–H and O–H groups in total. The molecule has 0 radical (unpaired) electrons. The second kappa shape index (κ2) is 9.08. The zero-order valence-electron chi connectivity index (χ0n) is 12.4. The van der Waals surface area contributed by atoms with Crippen LogP contribution < -0.4 is 10.1 Å². The highest BCUT2D eigenvalue weighted by atomic mass is 79.9. The van der Waals surface area contributed by atoms with E-state index >= 15 is 0 Å². The van der Waals surface area contributed by atoms with E-state index in [1.807, 2.05) is 30.3 Å². The summed E-state index contributed by atoms with van der Waals surface area (Å²) in [6.07, 6.45) is 5.55. The normalized spacial score (nSPS) is 21.8. The van der Waals surface area contributed by atoms with E-state index in [9.17, 15) is 4.79 Å². The Morgan fingerprint density at radius 2 is 1.90 bits per heavy atom. The predicted octanol–water partition coefficient (Wildman–Crippen LogP) is 3.77. The molecular formula is C17H24BrNO2. The monoisotopic (exact) mass is 353 g/mol. The quantitative estimate of drug-likeness (QED) is 0.757. The van der Waals surface area contributed by atoms with Crippen molar-refractivity contribution in [3.63, 3.8) is 0 Å². The molecule has 2 unspecified atom stereocenters. The molecule has 1 saturated carbocycles. The van der Waals surface area contributed by atoms with Crippen molar-refractivity contribution < 1.29 is 9.53 Å². The van der Waals surface area contributed by atoms with E-state index in [1.54, 1.807) is 0 Å². The molecule has 4 heteroatoms. The van der Waals surface area contributed by atoms with Crippen molar-refractivity contribution in [2.75, 3.05) is 18.5 Å². The maximum atomic E-state index is 11.9. The molecule has 1 fully saturated rings. The van der Waals surface area contributed by atoms with E-state index in [2.05, 4.69) is 21.2 Å². The molecule has 1 amide bonds. The van der Waals surface area contributed by atoms with Gasteiger partial charge in [0.2, 0.25) is 5.91 Å². The molecule has 1 aliphatic rings. The van der Waals surface area contributed by atoms with Gasteiger partial charge in [0.15, 0.2) is 0 Å². The molecule has 0 aromatic heterocycles. The maximum absolute atomic E-state index is 11.9. The van der Waals surface area contributed by atoms with Gasteiger partial charge in [0.1, 0.15) is 5.75 Å². The van der Waals surface area contributed by atoms with E-state index < -0.39 is 0 Å². The minimum Gasteiger partial charge on any atom is -0.493 e. The maximum Gasteiger partial charge on any atom is 0.223 e. The van der Waals surface area contributed by atoms with E-state index in [-0.39, 0.29) is 5.91 Å². The van der Waals surface area contributed by atoms with E-state index in [0.29, 0.717) is 24.9 Å². The highest BCUT2D eigenvalue weighted by molar-refractivity contribution is 9.09. The molecule has 1 aliphatic carbocycles. The standard InChI is InChI=1S/C17H24BrNO2/c18-12-14-6-4-5-7-15(14)13-19-17(20)10-11-21-16-8-2-1-3-9-16/h1-3,8-9,14-15H,4-7,10-13H2,(H,19,20). The van der Waals surface area contributed by atoms with Gasteiger partial charge in [0.05, 0.1) is 13.0 Å². The van der Waals surface area contributed by atoms with E-state index in [4.69, 9.17) is 4.74 Å². The van der Waals surface area contributed by atoms with Crippen LogP contribution in [-0.4, -0.2) is 24.4 Å². The Labute approximate surface area is 135 Å². The van der Waals surface area contributed by atoms with Gasteiger partial charge < -0.3 is 10.1 Å². The number of ether oxygens (including phenoxy) is 1. The lowest BCUT2D eigenvalue weighted by atomic mass is 9.80. The zero-order valence-corrected chi connectivity index (χ0v) is 14.0. The van der Waals surface area contributed by atoms with Crippen LogP contribution in [-0.2, 0) is 4.79 Å². The van der Waals surface area contributed by atoms with Gasteiger partial charge in [0, 0.05) is 11.9 Å². The number of carbonyl (C=O) groups excluding carboxylic acids is 1. The van der Waals surface area contributed by atoms with Crippen LogP contribution in [0.2, 0.25) is 0 Å². The number of hydrogen-bond donors (Lipinski definition) is 1. The van der Waals surface area contributed by atoms with Crippen LogP contribution in [0.5, 0.6) is 5.75 Å². The van der Waals surface area contributed by atoms with Gasteiger partial charge in [-0.15, -0.1) is 0 Å². The second-order valence-corrected chi connectivity index (χ2v) is 6.32. The lowest BCUT2D eigenvalue weighted by Gasteiger charge is -2.30. The average Bonchev–Trinajstić information content (AvgIpc) is 2.54. The molecule has 1 aromatic carbocycles. The second-order valence-electron chi connectivity index (χ2n) is 5.67. The van der Waals surface area contributed by atoms with Crippen LogP contribution >= 0.6 is 15.9 Å². The molecule has 0 bridgehead atoms. The topological polar surface area (TPSA) is 38.3 Å². The lowest BCUT2D eigenvalue weighted by Crippen LogP contribution is -2.35. The van der Waals surface area contributed by atoms with Crippen LogP contribution in [0.25, 0.3) is 0 Å².